The van der Waals surface area contributed by atoms with Crippen molar-refractivity contribution in [2.24, 2.45) is 0 Å². The molecular formula is C24H22ClFN2. The number of nitrogens with zero attached hydrogens (tertiary/aromatic N) is 1. The maximum atomic E-state index is 13.1. The predicted molar refractivity (Wildman–Crippen MR) is 114 cm³/mol. The van der Waals surface area contributed by atoms with Gasteiger partial charge < -0.3 is 9.88 Å². The highest BCUT2D eigenvalue weighted by atomic mass is 35.5. The van der Waals surface area contributed by atoms with Gasteiger partial charge in [-0.15, -0.1) is 0 Å². The van der Waals surface area contributed by atoms with Crippen LogP contribution in [0.4, 0.5) is 4.39 Å². The van der Waals surface area contributed by atoms with E-state index in [1.165, 1.54) is 34.3 Å². The van der Waals surface area contributed by atoms with Gasteiger partial charge in [-0.2, -0.15) is 0 Å². The molecule has 1 N–H and O–H groups in total. The highest BCUT2D eigenvalue weighted by Crippen LogP contribution is 2.28. The second-order valence-corrected chi connectivity index (χ2v) is 7.40. The molecule has 0 atom stereocenters. The number of nitrogens with one attached hydrogen (secondary N) is 1. The summed E-state index contributed by atoms with van der Waals surface area (Å²) in [6, 6.07) is 23.1. The van der Waals surface area contributed by atoms with Gasteiger partial charge in [0.25, 0.3) is 0 Å². The minimum atomic E-state index is -0.206. The molecule has 0 radical (unpaired) electrons. The Morgan fingerprint density at radius 3 is 2.39 bits per heavy atom. The Morgan fingerprint density at radius 2 is 1.61 bits per heavy atom. The maximum Gasteiger partial charge on any atom is 0.123 e. The number of para-hydroxylation sites is 1. The highest BCUT2D eigenvalue weighted by Gasteiger charge is 2.14. The molecule has 0 bridgehead atoms. The van der Waals surface area contributed by atoms with Gasteiger partial charge in [-0.1, -0.05) is 60.1 Å². The molecule has 0 aliphatic heterocycles. The van der Waals surface area contributed by atoms with E-state index in [1.807, 2.05) is 30.3 Å². The van der Waals surface area contributed by atoms with Crippen molar-refractivity contribution in [3.63, 3.8) is 0 Å². The van der Waals surface area contributed by atoms with Crippen molar-refractivity contribution in [2.75, 3.05) is 0 Å². The molecule has 4 aromatic rings. The van der Waals surface area contributed by atoms with Crippen LogP contribution in [-0.4, -0.2) is 4.57 Å². The fraction of sp³-hybridized carbons (Fsp3) is 0.167. The average molecular weight is 393 g/mol. The maximum absolute atomic E-state index is 13.1. The van der Waals surface area contributed by atoms with Crippen LogP contribution in [-0.2, 0) is 19.6 Å². The van der Waals surface area contributed by atoms with Crippen molar-refractivity contribution in [3.8, 4) is 0 Å². The molecule has 0 aliphatic rings. The summed E-state index contributed by atoms with van der Waals surface area (Å²) in [6.45, 7) is 4.35. The molecule has 1 aromatic heterocycles. The van der Waals surface area contributed by atoms with Crippen LogP contribution in [0.2, 0.25) is 5.02 Å². The highest BCUT2D eigenvalue weighted by molar-refractivity contribution is 6.31. The Hall–Kier alpha value is -2.62. The number of benzene rings is 3. The molecule has 2 nitrogen and oxygen atoms in total. The fourth-order valence-corrected chi connectivity index (χ4v) is 3.86. The number of aromatic nitrogens is 1. The first-order valence-electron chi connectivity index (χ1n) is 9.39. The average Bonchev–Trinajstić information content (AvgIpc) is 2.97. The molecule has 3 aromatic carbocycles. The van der Waals surface area contributed by atoms with Gasteiger partial charge in [-0.25, -0.2) is 4.39 Å². The number of fused-ring (bicyclic) bond motifs is 1. The van der Waals surface area contributed by atoms with Gasteiger partial charge in [-0.3, -0.25) is 0 Å². The molecule has 0 amide bonds. The van der Waals surface area contributed by atoms with Crippen LogP contribution in [0, 0.1) is 12.7 Å². The number of hydrogen-bond donors (Lipinski definition) is 1. The fourth-order valence-electron chi connectivity index (χ4n) is 3.66. The zero-order chi connectivity index (χ0) is 19.5. The van der Waals surface area contributed by atoms with E-state index in [-0.39, 0.29) is 5.82 Å². The minimum absolute atomic E-state index is 0.206. The monoisotopic (exact) mass is 392 g/mol. The predicted octanol–water partition coefficient (Wildman–Crippen LogP) is 6.08. The molecule has 28 heavy (non-hydrogen) atoms. The lowest BCUT2D eigenvalue weighted by Gasteiger charge is -2.11. The third-order valence-electron chi connectivity index (χ3n) is 5.19. The third-order valence-corrected chi connectivity index (χ3v) is 5.56. The molecule has 1 heterocycles. The van der Waals surface area contributed by atoms with E-state index in [9.17, 15) is 4.39 Å². The van der Waals surface area contributed by atoms with Crippen molar-refractivity contribution in [2.45, 2.75) is 26.6 Å². The van der Waals surface area contributed by atoms with Crippen molar-refractivity contribution in [3.05, 3.63) is 106 Å². The Morgan fingerprint density at radius 1 is 0.893 bits per heavy atom. The van der Waals surface area contributed by atoms with Gasteiger partial charge in [0.05, 0.1) is 0 Å². The van der Waals surface area contributed by atoms with E-state index < -0.39 is 0 Å². The standard InChI is InChI=1S/C24H22ClFN2/c1-17-22(15-27-14-18-10-12-20(26)13-11-18)21-7-3-5-9-24(21)28(17)16-19-6-2-4-8-23(19)25/h2-13,27H,14-16H2,1H3. The van der Waals surface area contributed by atoms with Crippen LogP contribution >= 0.6 is 11.6 Å². The summed E-state index contributed by atoms with van der Waals surface area (Å²) in [5.41, 5.74) is 5.90. The molecule has 0 fully saturated rings. The summed E-state index contributed by atoms with van der Waals surface area (Å²) in [5, 5.41) is 5.53. The largest absolute Gasteiger partial charge is 0.340 e. The van der Waals surface area contributed by atoms with Gasteiger partial charge >= 0.3 is 0 Å². The van der Waals surface area contributed by atoms with Gasteiger partial charge in [0.15, 0.2) is 0 Å². The lowest BCUT2D eigenvalue weighted by molar-refractivity contribution is 0.624. The molecule has 0 spiro atoms. The first kappa shape index (κ1) is 18.7. The van der Waals surface area contributed by atoms with E-state index in [0.717, 1.165) is 29.2 Å². The zero-order valence-electron chi connectivity index (χ0n) is 15.8. The van der Waals surface area contributed by atoms with Gasteiger partial charge in [0.1, 0.15) is 5.82 Å². The summed E-state index contributed by atoms with van der Waals surface area (Å²) >= 11 is 6.39. The van der Waals surface area contributed by atoms with Crippen LogP contribution in [0.5, 0.6) is 0 Å². The summed E-state index contributed by atoms with van der Waals surface area (Å²) in [6.07, 6.45) is 0. The van der Waals surface area contributed by atoms with E-state index in [2.05, 4.69) is 47.1 Å². The molecule has 0 saturated heterocycles. The molecular weight excluding hydrogens is 371 g/mol. The number of hydrogen-bond acceptors (Lipinski definition) is 1. The molecule has 0 aliphatic carbocycles. The molecule has 0 unspecified atom stereocenters. The van der Waals surface area contributed by atoms with E-state index in [1.54, 1.807) is 0 Å². The topological polar surface area (TPSA) is 17.0 Å². The second kappa shape index (κ2) is 8.17. The van der Waals surface area contributed by atoms with Gasteiger partial charge in [0, 0.05) is 41.3 Å². The van der Waals surface area contributed by atoms with E-state index in [4.69, 9.17) is 11.6 Å². The summed E-state index contributed by atoms with van der Waals surface area (Å²) in [5.74, 6) is -0.206. The van der Waals surface area contributed by atoms with Crippen molar-refractivity contribution < 1.29 is 4.39 Å². The molecule has 4 rings (SSSR count). The van der Waals surface area contributed by atoms with Crippen LogP contribution in [0.25, 0.3) is 10.9 Å². The number of halogens is 2. The first-order chi connectivity index (χ1) is 13.6. The van der Waals surface area contributed by atoms with Crippen LogP contribution < -0.4 is 5.32 Å². The van der Waals surface area contributed by atoms with Crippen molar-refractivity contribution in [1.29, 1.82) is 0 Å². The van der Waals surface area contributed by atoms with Crippen molar-refractivity contribution in [1.82, 2.24) is 9.88 Å². The Labute approximate surface area is 169 Å². The van der Waals surface area contributed by atoms with Crippen LogP contribution in [0.1, 0.15) is 22.4 Å². The second-order valence-electron chi connectivity index (χ2n) is 6.99. The van der Waals surface area contributed by atoms with Crippen molar-refractivity contribution >= 4 is 22.5 Å². The summed E-state index contributed by atoms with van der Waals surface area (Å²) in [7, 11) is 0. The normalized spacial score (nSPS) is 11.2. The van der Waals surface area contributed by atoms with Crippen LogP contribution in [0.15, 0.2) is 72.8 Å². The van der Waals surface area contributed by atoms with E-state index in [0.29, 0.717) is 6.54 Å². The first-order valence-corrected chi connectivity index (χ1v) is 9.76. The zero-order valence-corrected chi connectivity index (χ0v) is 16.5. The number of rotatable bonds is 6. The summed E-state index contributed by atoms with van der Waals surface area (Å²) in [4.78, 5) is 0. The SMILES string of the molecule is Cc1c(CNCc2ccc(F)cc2)c2ccccc2n1Cc1ccccc1Cl. The Balaban J connectivity index is 1.60. The summed E-state index contributed by atoms with van der Waals surface area (Å²) < 4.78 is 15.4. The molecule has 0 saturated carbocycles. The Bertz CT molecular complexity index is 1100. The van der Waals surface area contributed by atoms with Crippen LogP contribution in [0.3, 0.4) is 0 Å². The van der Waals surface area contributed by atoms with Gasteiger partial charge in [-0.05, 0) is 47.9 Å². The lowest BCUT2D eigenvalue weighted by Crippen LogP contribution is -2.13. The smallest absolute Gasteiger partial charge is 0.123 e. The quantitative estimate of drug-likeness (QED) is 0.420. The van der Waals surface area contributed by atoms with Gasteiger partial charge in [0.2, 0.25) is 0 Å². The lowest BCUT2D eigenvalue weighted by atomic mass is 10.1. The third kappa shape index (κ3) is 3.82. The molecule has 142 valence electrons. The molecule has 4 heteroatoms. The van der Waals surface area contributed by atoms with E-state index >= 15 is 0 Å². The Kier molecular flexibility index (Phi) is 5.47. The minimum Gasteiger partial charge on any atom is -0.340 e.